The summed E-state index contributed by atoms with van der Waals surface area (Å²) < 4.78 is 5.52. The highest BCUT2D eigenvalue weighted by Gasteiger charge is 2.15. The van der Waals surface area contributed by atoms with E-state index in [4.69, 9.17) is 27.9 Å². The van der Waals surface area contributed by atoms with E-state index in [0.717, 1.165) is 17.7 Å². The molecule has 0 radical (unpaired) electrons. The summed E-state index contributed by atoms with van der Waals surface area (Å²) in [6, 6.07) is 18.9. The first-order valence-corrected chi connectivity index (χ1v) is 11.3. The molecule has 0 aromatic heterocycles. The van der Waals surface area contributed by atoms with E-state index in [-0.39, 0.29) is 28.2 Å². The molecule has 0 aliphatic heterocycles. The molecule has 0 spiro atoms. The van der Waals surface area contributed by atoms with Gasteiger partial charge in [-0.2, -0.15) is 5.10 Å². The average molecular weight is 513 g/mol. The molecule has 0 heterocycles. The lowest BCUT2D eigenvalue weighted by molar-refractivity contribution is -0.136. The highest BCUT2D eigenvalue weighted by Crippen LogP contribution is 2.29. The van der Waals surface area contributed by atoms with E-state index in [0.29, 0.717) is 11.3 Å². The number of nitrogens with zero attached hydrogens (tertiary/aromatic N) is 1. The number of rotatable bonds is 8. The third kappa shape index (κ3) is 7.56. The molecule has 8 nitrogen and oxygen atoms in total. The summed E-state index contributed by atoms with van der Waals surface area (Å²) in [6.45, 7) is 1.87. The van der Waals surface area contributed by atoms with Crippen LogP contribution in [0.3, 0.4) is 0 Å². The summed E-state index contributed by atoms with van der Waals surface area (Å²) in [5, 5.41) is 9.34. The second-order valence-electron chi connectivity index (χ2n) is 7.17. The molecule has 3 aromatic rings. The van der Waals surface area contributed by atoms with Gasteiger partial charge >= 0.3 is 11.8 Å². The van der Waals surface area contributed by atoms with Crippen LogP contribution in [0.15, 0.2) is 71.8 Å². The number of nitrogens with one attached hydrogen (secondary N) is 3. The largest absolute Gasteiger partial charge is 0.484 e. The van der Waals surface area contributed by atoms with Crippen molar-refractivity contribution >= 4 is 58.5 Å². The van der Waals surface area contributed by atoms with Crippen LogP contribution in [-0.2, 0) is 20.8 Å². The van der Waals surface area contributed by atoms with Crippen molar-refractivity contribution in [3.05, 3.63) is 87.9 Å². The van der Waals surface area contributed by atoms with Crippen LogP contribution in [0.1, 0.15) is 18.1 Å². The van der Waals surface area contributed by atoms with Gasteiger partial charge in [-0.25, -0.2) is 5.43 Å². The molecule has 0 unspecified atom stereocenters. The SMILES string of the molecule is CCc1ccccc1NC(=O)COc1ccc(/C=N\NC(=O)C(=O)Nc2cccc(Cl)c2Cl)cc1. The molecule has 35 heavy (non-hydrogen) atoms. The van der Waals surface area contributed by atoms with E-state index in [1.54, 1.807) is 36.4 Å². The number of amides is 3. The number of anilines is 2. The topological polar surface area (TPSA) is 109 Å². The number of para-hydroxylation sites is 1. The van der Waals surface area contributed by atoms with Crippen molar-refractivity contribution in [3.63, 3.8) is 0 Å². The molecule has 0 saturated heterocycles. The van der Waals surface area contributed by atoms with Gasteiger partial charge in [-0.05, 0) is 60.0 Å². The van der Waals surface area contributed by atoms with Crippen LogP contribution in [0.5, 0.6) is 5.75 Å². The molecular formula is C25H22Cl2N4O4. The predicted molar refractivity (Wildman–Crippen MR) is 137 cm³/mol. The van der Waals surface area contributed by atoms with Crippen LogP contribution >= 0.6 is 23.2 Å². The first-order chi connectivity index (χ1) is 16.9. The standard InChI is InChI=1S/C25H22Cl2N4O4/c1-2-17-6-3-4-8-20(17)29-22(32)15-35-18-12-10-16(11-13-18)14-28-31-25(34)24(33)30-21-9-5-7-19(26)23(21)27/h3-14H,2,15H2,1H3,(H,29,32)(H,30,33)(H,31,34)/b28-14-. The van der Waals surface area contributed by atoms with Gasteiger partial charge in [-0.15, -0.1) is 0 Å². The van der Waals surface area contributed by atoms with Crippen LogP contribution in [0.25, 0.3) is 0 Å². The third-order valence-electron chi connectivity index (χ3n) is 4.71. The van der Waals surface area contributed by atoms with Gasteiger partial charge in [0.1, 0.15) is 5.75 Å². The second kappa shape index (κ2) is 12.5. The van der Waals surface area contributed by atoms with Crippen molar-refractivity contribution in [1.82, 2.24) is 5.43 Å². The van der Waals surface area contributed by atoms with Gasteiger partial charge in [0.2, 0.25) is 0 Å². The Bertz CT molecular complexity index is 1250. The Morgan fingerprint density at radius 2 is 1.60 bits per heavy atom. The Morgan fingerprint density at radius 3 is 2.34 bits per heavy atom. The minimum atomic E-state index is -0.979. The van der Waals surface area contributed by atoms with E-state index in [2.05, 4.69) is 21.2 Å². The number of halogens is 2. The zero-order chi connectivity index (χ0) is 25.2. The van der Waals surface area contributed by atoms with Gasteiger partial charge < -0.3 is 15.4 Å². The number of benzene rings is 3. The first kappa shape index (κ1) is 25.7. The number of aryl methyl sites for hydroxylation is 1. The van der Waals surface area contributed by atoms with Crippen molar-refractivity contribution in [2.75, 3.05) is 17.2 Å². The summed E-state index contributed by atoms with van der Waals surface area (Å²) in [5.74, 6) is -1.71. The summed E-state index contributed by atoms with van der Waals surface area (Å²) in [6.07, 6.45) is 2.16. The first-order valence-electron chi connectivity index (χ1n) is 10.6. The molecule has 0 aliphatic rings. The Balaban J connectivity index is 1.46. The van der Waals surface area contributed by atoms with Crippen molar-refractivity contribution in [2.24, 2.45) is 5.10 Å². The molecule has 3 rings (SSSR count). The Kier molecular flexibility index (Phi) is 9.23. The zero-order valence-electron chi connectivity index (χ0n) is 18.7. The zero-order valence-corrected chi connectivity index (χ0v) is 20.2. The number of hydrogen-bond donors (Lipinski definition) is 3. The van der Waals surface area contributed by atoms with Crippen molar-refractivity contribution in [1.29, 1.82) is 0 Å². The average Bonchev–Trinajstić information content (AvgIpc) is 2.86. The molecule has 10 heteroatoms. The molecule has 0 atom stereocenters. The lowest BCUT2D eigenvalue weighted by Gasteiger charge is -2.10. The summed E-state index contributed by atoms with van der Waals surface area (Å²) >= 11 is 11.9. The highest BCUT2D eigenvalue weighted by molar-refractivity contribution is 6.45. The molecule has 3 amide bonds. The lowest BCUT2D eigenvalue weighted by Crippen LogP contribution is -2.32. The molecular weight excluding hydrogens is 491 g/mol. The third-order valence-corrected chi connectivity index (χ3v) is 5.53. The Morgan fingerprint density at radius 1 is 0.886 bits per heavy atom. The summed E-state index contributed by atoms with van der Waals surface area (Å²) in [5.41, 5.74) is 4.79. The van der Waals surface area contributed by atoms with Gasteiger partial charge in [0.05, 0.1) is 21.9 Å². The van der Waals surface area contributed by atoms with Crippen LogP contribution in [0, 0.1) is 0 Å². The monoisotopic (exact) mass is 512 g/mol. The highest BCUT2D eigenvalue weighted by atomic mass is 35.5. The number of ether oxygens (including phenoxy) is 1. The van der Waals surface area contributed by atoms with Gasteiger partial charge in [0.15, 0.2) is 6.61 Å². The lowest BCUT2D eigenvalue weighted by atomic mass is 10.1. The van der Waals surface area contributed by atoms with E-state index in [1.165, 1.54) is 12.3 Å². The summed E-state index contributed by atoms with van der Waals surface area (Å²) in [4.78, 5) is 36.1. The van der Waals surface area contributed by atoms with Gasteiger partial charge in [0.25, 0.3) is 5.91 Å². The minimum Gasteiger partial charge on any atom is -0.484 e. The van der Waals surface area contributed by atoms with Gasteiger partial charge in [0, 0.05) is 5.69 Å². The number of hydrazone groups is 1. The molecule has 0 bridgehead atoms. The van der Waals surface area contributed by atoms with Crippen LogP contribution in [0.2, 0.25) is 10.0 Å². The van der Waals surface area contributed by atoms with E-state index < -0.39 is 11.8 Å². The maximum Gasteiger partial charge on any atom is 0.329 e. The number of carbonyl (C=O) groups excluding carboxylic acids is 3. The molecule has 3 aromatic carbocycles. The number of hydrogen-bond acceptors (Lipinski definition) is 5. The molecule has 0 fully saturated rings. The van der Waals surface area contributed by atoms with Crippen LogP contribution < -0.4 is 20.8 Å². The van der Waals surface area contributed by atoms with Gasteiger partial charge in [-0.3, -0.25) is 14.4 Å². The smallest absolute Gasteiger partial charge is 0.329 e. The maximum absolute atomic E-state index is 12.2. The Hall–Kier alpha value is -3.88. The second-order valence-corrected chi connectivity index (χ2v) is 7.96. The van der Waals surface area contributed by atoms with E-state index in [9.17, 15) is 14.4 Å². The van der Waals surface area contributed by atoms with E-state index in [1.807, 2.05) is 31.2 Å². The molecule has 180 valence electrons. The Labute approximate surface area is 212 Å². The molecule has 0 saturated carbocycles. The molecule has 3 N–H and O–H groups in total. The summed E-state index contributed by atoms with van der Waals surface area (Å²) in [7, 11) is 0. The quantitative estimate of drug-likeness (QED) is 0.231. The normalized spacial score (nSPS) is 10.6. The fourth-order valence-electron chi connectivity index (χ4n) is 2.93. The van der Waals surface area contributed by atoms with Crippen molar-refractivity contribution < 1.29 is 19.1 Å². The van der Waals surface area contributed by atoms with Crippen LogP contribution in [0.4, 0.5) is 11.4 Å². The maximum atomic E-state index is 12.2. The molecule has 0 aliphatic carbocycles. The fourth-order valence-corrected chi connectivity index (χ4v) is 3.28. The fraction of sp³-hybridized carbons (Fsp3) is 0.120. The number of carbonyl (C=O) groups is 3. The van der Waals surface area contributed by atoms with Crippen molar-refractivity contribution in [3.8, 4) is 5.75 Å². The predicted octanol–water partition coefficient (Wildman–Crippen LogP) is 4.66. The van der Waals surface area contributed by atoms with Crippen molar-refractivity contribution in [2.45, 2.75) is 13.3 Å². The minimum absolute atomic E-state index is 0.129. The van der Waals surface area contributed by atoms with E-state index >= 15 is 0 Å². The van der Waals surface area contributed by atoms with Crippen LogP contribution in [-0.4, -0.2) is 30.5 Å². The van der Waals surface area contributed by atoms with Gasteiger partial charge in [-0.1, -0.05) is 54.4 Å².